The third kappa shape index (κ3) is 6.36. The number of carbonyl (C=O) groups excluding carboxylic acids is 3. The number of hydrazine groups is 1. The van der Waals surface area contributed by atoms with E-state index in [0.717, 1.165) is 11.1 Å². The minimum Gasteiger partial charge on any atom is -0.493 e. The van der Waals surface area contributed by atoms with Gasteiger partial charge in [-0.2, -0.15) is 0 Å². The summed E-state index contributed by atoms with van der Waals surface area (Å²) in [6.07, 6.45) is -0.120. The lowest BCUT2D eigenvalue weighted by atomic mass is 10.1. The van der Waals surface area contributed by atoms with Crippen LogP contribution >= 0.6 is 0 Å². The highest BCUT2D eigenvalue weighted by Crippen LogP contribution is 2.38. The Hall–Kier alpha value is -3.75. The van der Waals surface area contributed by atoms with Gasteiger partial charge in [-0.15, -0.1) is 0 Å². The van der Waals surface area contributed by atoms with Crippen molar-refractivity contribution in [3.8, 4) is 17.2 Å². The summed E-state index contributed by atoms with van der Waals surface area (Å²) in [7, 11) is 4.32. The fourth-order valence-electron chi connectivity index (χ4n) is 2.78. The lowest BCUT2D eigenvalue weighted by Crippen LogP contribution is -2.41. The van der Waals surface area contributed by atoms with E-state index in [1.54, 1.807) is 0 Å². The molecule has 0 saturated heterocycles. The van der Waals surface area contributed by atoms with Gasteiger partial charge in [0.2, 0.25) is 17.6 Å². The standard InChI is InChI=1S/C22H27N3O6/c1-13-6-7-14(2)16(10-13)23-19(26)8-9-20(27)24-25-22(28)15-11-17(29-3)21(31-5)18(12-15)30-4/h6-7,10-12H,8-9H2,1-5H3,(H,23,26)(H,24,27)(H,25,28). The number of anilines is 1. The molecule has 9 nitrogen and oxygen atoms in total. The molecule has 0 aromatic heterocycles. The molecule has 2 rings (SSSR count). The molecule has 0 spiro atoms. The number of nitrogens with one attached hydrogen (secondary N) is 3. The number of methoxy groups -OCH3 is 3. The zero-order valence-electron chi connectivity index (χ0n) is 18.3. The molecule has 0 aliphatic heterocycles. The van der Waals surface area contributed by atoms with E-state index in [0.29, 0.717) is 22.9 Å². The maximum atomic E-state index is 12.4. The number of ether oxygens (including phenoxy) is 3. The zero-order chi connectivity index (χ0) is 23.0. The van der Waals surface area contributed by atoms with Crippen LogP contribution < -0.4 is 30.4 Å². The van der Waals surface area contributed by atoms with Crippen molar-refractivity contribution in [1.82, 2.24) is 10.9 Å². The molecule has 0 heterocycles. The van der Waals surface area contributed by atoms with E-state index in [2.05, 4.69) is 16.2 Å². The summed E-state index contributed by atoms with van der Waals surface area (Å²) in [5, 5.41) is 2.79. The summed E-state index contributed by atoms with van der Waals surface area (Å²) >= 11 is 0. The van der Waals surface area contributed by atoms with Gasteiger partial charge in [0, 0.05) is 24.1 Å². The molecule has 0 fully saturated rings. The van der Waals surface area contributed by atoms with Gasteiger partial charge >= 0.3 is 0 Å². The van der Waals surface area contributed by atoms with Gasteiger partial charge in [-0.3, -0.25) is 25.2 Å². The molecule has 0 bridgehead atoms. The van der Waals surface area contributed by atoms with Crippen molar-refractivity contribution in [3.05, 3.63) is 47.0 Å². The molecule has 0 radical (unpaired) electrons. The van der Waals surface area contributed by atoms with Crippen molar-refractivity contribution in [3.63, 3.8) is 0 Å². The Bertz CT molecular complexity index is 949. The molecule has 0 saturated carbocycles. The van der Waals surface area contributed by atoms with Crippen molar-refractivity contribution >= 4 is 23.4 Å². The number of aryl methyl sites for hydroxylation is 2. The molecule has 0 aliphatic carbocycles. The molecule has 0 atom stereocenters. The summed E-state index contributed by atoms with van der Waals surface area (Å²) in [6.45, 7) is 3.82. The van der Waals surface area contributed by atoms with Crippen molar-refractivity contribution in [2.24, 2.45) is 0 Å². The minimum absolute atomic E-state index is 0.0285. The number of hydrogen-bond donors (Lipinski definition) is 3. The van der Waals surface area contributed by atoms with Gasteiger partial charge in [0.05, 0.1) is 21.3 Å². The van der Waals surface area contributed by atoms with Crippen LogP contribution in [0.1, 0.15) is 34.3 Å². The van der Waals surface area contributed by atoms with Gasteiger partial charge in [-0.25, -0.2) is 0 Å². The molecule has 9 heteroatoms. The predicted octanol–water partition coefficient (Wildman–Crippen LogP) is 2.51. The molecule has 2 aromatic carbocycles. The quantitative estimate of drug-likeness (QED) is 0.556. The van der Waals surface area contributed by atoms with E-state index >= 15 is 0 Å². The van der Waals surface area contributed by atoms with Gasteiger partial charge in [0.1, 0.15) is 0 Å². The Kier molecular flexibility index (Phi) is 8.25. The molecule has 2 aromatic rings. The van der Waals surface area contributed by atoms with Crippen LogP contribution in [-0.4, -0.2) is 39.1 Å². The van der Waals surface area contributed by atoms with E-state index in [1.807, 2.05) is 32.0 Å². The van der Waals surface area contributed by atoms with E-state index in [4.69, 9.17) is 14.2 Å². The normalized spacial score (nSPS) is 10.1. The third-order valence-corrected chi connectivity index (χ3v) is 4.49. The highest BCUT2D eigenvalue weighted by atomic mass is 16.5. The second kappa shape index (κ2) is 10.9. The second-order valence-corrected chi connectivity index (χ2v) is 6.78. The molecule has 166 valence electrons. The number of carbonyl (C=O) groups is 3. The smallest absolute Gasteiger partial charge is 0.269 e. The highest BCUT2D eigenvalue weighted by Gasteiger charge is 2.17. The van der Waals surface area contributed by atoms with Crippen LogP contribution in [0.2, 0.25) is 0 Å². The van der Waals surface area contributed by atoms with Crippen molar-refractivity contribution in [1.29, 1.82) is 0 Å². The predicted molar refractivity (Wildman–Crippen MR) is 115 cm³/mol. The average molecular weight is 429 g/mol. The van der Waals surface area contributed by atoms with Crippen LogP contribution in [0.4, 0.5) is 5.69 Å². The first-order valence-corrected chi connectivity index (χ1v) is 9.55. The molecular formula is C22H27N3O6. The van der Waals surface area contributed by atoms with E-state index in [9.17, 15) is 14.4 Å². The number of rotatable bonds is 8. The molecule has 31 heavy (non-hydrogen) atoms. The Balaban J connectivity index is 1.89. The van der Waals surface area contributed by atoms with E-state index < -0.39 is 11.8 Å². The lowest BCUT2D eigenvalue weighted by Gasteiger charge is -2.14. The van der Waals surface area contributed by atoms with Crippen molar-refractivity contribution < 1.29 is 28.6 Å². The van der Waals surface area contributed by atoms with Crippen LogP contribution in [0.15, 0.2) is 30.3 Å². The summed E-state index contributed by atoms with van der Waals surface area (Å²) in [5.41, 5.74) is 7.46. The van der Waals surface area contributed by atoms with Crippen LogP contribution in [0.25, 0.3) is 0 Å². The lowest BCUT2D eigenvalue weighted by molar-refractivity contribution is -0.124. The van der Waals surface area contributed by atoms with Crippen LogP contribution in [0.3, 0.4) is 0 Å². The Morgan fingerprint density at radius 3 is 2.00 bits per heavy atom. The van der Waals surface area contributed by atoms with Crippen molar-refractivity contribution in [2.45, 2.75) is 26.7 Å². The monoisotopic (exact) mass is 429 g/mol. The fourth-order valence-corrected chi connectivity index (χ4v) is 2.78. The molecular weight excluding hydrogens is 402 g/mol. The number of amides is 3. The van der Waals surface area contributed by atoms with Crippen LogP contribution in [0, 0.1) is 13.8 Å². The van der Waals surface area contributed by atoms with Gasteiger partial charge in [-0.1, -0.05) is 12.1 Å². The largest absolute Gasteiger partial charge is 0.493 e. The van der Waals surface area contributed by atoms with Crippen molar-refractivity contribution in [2.75, 3.05) is 26.6 Å². The fraction of sp³-hybridized carbons (Fsp3) is 0.318. The molecule has 3 N–H and O–H groups in total. The Morgan fingerprint density at radius 1 is 0.806 bits per heavy atom. The van der Waals surface area contributed by atoms with Gasteiger partial charge in [-0.05, 0) is 43.2 Å². The first-order chi connectivity index (χ1) is 14.8. The number of hydrogen-bond acceptors (Lipinski definition) is 6. The number of benzene rings is 2. The van der Waals surface area contributed by atoms with Gasteiger partial charge in [0.15, 0.2) is 11.5 Å². The van der Waals surface area contributed by atoms with Gasteiger partial charge < -0.3 is 19.5 Å². The Labute approximate surface area is 181 Å². The first-order valence-electron chi connectivity index (χ1n) is 9.55. The average Bonchev–Trinajstić information content (AvgIpc) is 2.77. The summed E-state index contributed by atoms with van der Waals surface area (Å²) in [4.78, 5) is 36.5. The summed E-state index contributed by atoms with van der Waals surface area (Å²) < 4.78 is 15.6. The molecule has 0 unspecified atom stereocenters. The van der Waals surface area contributed by atoms with Gasteiger partial charge in [0.25, 0.3) is 5.91 Å². The highest BCUT2D eigenvalue weighted by molar-refractivity contribution is 5.97. The van der Waals surface area contributed by atoms with Crippen LogP contribution in [-0.2, 0) is 9.59 Å². The topological polar surface area (TPSA) is 115 Å². The molecule has 3 amide bonds. The van der Waals surface area contributed by atoms with E-state index in [1.165, 1.54) is 33.5 Å². The Morgan fingerprint density at radius 2 is 1.42 bits per heavy atom. The van der Waals surface area contributed by atoms with E-state index in [-0.39, 0.29) is 24.3 Å². The minimum atomic E-state index is -0.576. The second-order valence-electron chi connectivity index (χ2n) is 6.78. The zero-order valence-corrected chi connectivity index (χ0v) is 18.3. The summed E-state index contributed by atoms with van der Waals surface area (Å²) in [5.74, 6) is -0.410. The van der Waals surface area contributed by atoms with Crippen LogP contribution in [0.5, 0.6) is 17.2 Å². The molecule has 0 aliphatic rings. The third-order valence-electron chi connectivity index (χ3n) is 4.49. The summed E-state index contributed by atoms with van der Waals surface area (Å²) in [6, 6.07) is 8.65. The SMILES string of the molecule is COc1cc(C(=O)NNC(=O)CCC(=O)Nc2cc(C)ccc2C)cc(OC)c1OC. The first kappa shape index (κ1) is 23.5. The maximum absolute atomic E-state index is 12.4. The maximum Gasteiger partial charge on any atom is 0.269 e.